The first-order valence-corrected chi connectivity index (χ1v) is 9.92. The lowest BCUT2D eigenvalue weighted by molar-refractivity contribution is -0.137. The largest absolute Gasteiger partial charge is 0.342 e. The van der Waals surface area contributed by atoms with E-state index >= 15 is 0 Å². The molecule has 3 aliphatic rings. The van der Waals surface area contributed by atoms with E-state index in [0.717, 1.165) is 37.9 Å². The summed E-state index contributed by atoms with van der Waals surface area (Å²) >= 11 is 1.82. The molecular formula is C20H22N2OS. The Morgan fingerprint density at radius 3 is 2.67 bits per heavy atom. The molecule has 0 spiro atoms. The molecule has 2 fully saturated rings. The summed E-state index contributed by atoms with van der Waals surface area (Å²) in [5, 5.41) is 1.26. The van der Waals surface area contributed by atoms with Crippen molar-refractivity contribution >= 4 is 27.5 Å². The van der Waals surface area contributed by atoms with Crippen LogP contribution in [0.2, 0.25) is 0 Å². The maximum Gasteiger partial charge on any atom is 0.226 e. The number of carbonyl (C=O) groups excluding carboxylic acids is 1. The summed E-state index contributed by atoms with van der Waals surface area (Å²) < 4.78 is 1.28. The zero-order chi connectivity index (χ0) is 16.1. The Morgan fingerprint density at radius 1 is 1.12 bits per heavy atom. The van der Waals surface area contributed by atoms with Gasteiger partial charge in [-0.05, 0) is 49.7 Å². The van der Waals surface area contributed by atoms with Gasteiger partial charge in [0, 0.05) is 24.9 Å². The molecule has 4 heteroatoms. The molecule has 5 rings (SSSR count). The first kappa shape index (κ1) is 14.6. The highest BCUT2D eigenvalue weighted by Crippen LogP contribution is 2.44. The Balaban J connectivity index is 1.25. The monoisotopic (exact) mass is 338 g/mol. The second-order valence-electron chi connectivity index (χ2n) is 7.51. The molecule has 1 saturated carbocycles. The average Bonchev–Trinajstić information content (AvgIpc) is 3.35. The highest BCUT2D eigenvalue weighted by Gasteiger charge is 2.42. The van der Waals surface area contributed by atoms with Crippen LogP contribution in [0.1, 0.15) is 36.6 Å². The Hall–Kier alpha value is -1.68. The number of nitrogens with zero attached hydrogens (tertiary/aromatic N) is 2. The Kier molecular flexibility index (Phi) is 3.47. The van der Waals surface area contributed by atoms with Crippen LogP contribution in [-0.2, 0) is 4.79 Å². The standard InChI is InChI=1S/C20H22N2OS/c23-20(16-12-13-5-6-15(16)11-13)22-9-7-14(8-10-22)19-21-17-3-1-2-4-18(17)24-19/h1-6,13-16H,7-12H2/t13-,15-,16-/m0/s1. The van der Waals surface area contributed by atoms with Gasteiger partial charge in [0.05, 0.1) is 15.2 Å². The number of piperidine rings is 1. The van der Waals surface area contributed by atoms with Crippen LogP contribution >= 0.6 is 11.3 Å². The van der Waals surface area contributed by atoms with Gasteiger partial charge in [0.25, 0.3) is 0 Å². The number of thiazole rings is 1. The van der Waals surface area contributed by atoms with Crippen molar-refractivity contribution in [2.75, 3.05) is 13.1 Å². The van der Waals surface area contributed by atoms with Crippen molar-refractivity contribution in [3.05, 3.63) is 41.4 Å². The lowest BCUT2D eigenvalue weighted by atomic mass is 9.90. The SMILES string of the molecule is O=C([C@H]1C[C@H]2C=C[C@H]1C2)N1CCC(c2nc3ccccc3s2)CC1. The number of amides is 1. The van der Waals surface area contributed by atoms with E-state index in [1.54, 1.807) is 0 Å². The fourth-order valence-electron chi connectivity index (χ4n) is 4.71. The summed E-state index contributed by atoms with van der Waals surface area (Å²) in [6.07, 6.45) is 9.00. The number of para-hydroxylation sites is 1. The van der Waals surface area contributed by atoms with Crippen LogP contribution in [0.3, 0.4) is 0 Å². The van der Waals surface area contributed by atoms with Crippen molar-refractivity contribution in [3.8, 4) is 0 Å². The smallest absolute Gasteiger partial charge is 0.226 e. The number of rotatable bonds is 2. The van der Waals surface area contributed by atoms with E-state index in [4.69, 9.17) is 4.98 Å². The lowest BCUT2D eigenvalue weighted by Gasteiger charge is -2.34. The minimum atomic E-state index is 0.263. The van der Waals surface area contributed by atoms with E-state index < -0.39 is 0 Å². The first-order valence-electron chi connectivity index (χ1n) is 9.10. The van der Waals surface area contributed by atoms with E-state index in [1.165, 1.54) is 16.1 Å². The van der Waals surface area contributed by atoms with Crippen LogP contribution in [0, 0.1) is 17.8 Å². The summed E-state index contributed by atoms with van der Waals surface area (Å²) in [5.74, 6) is 2.38. The van der Waals surface area contributed by atoms with Crippen molar-refractivity contribution in [2.45, 2.75) is 31.6 Å². The number of fused-ring (bicyclic) bond motifs is 3. The van der Waals surface area contributed by atoms with Crippen LogP contribution in [0.5, 0.6) is 0 Å². The Bertz CT molecular complexity index is 770. The molecule has 2 bridgehead atoms. The molecule has 2 heterocycles. The third-order valence-corrected chi connectivity index (χ3v) is 7.26. The van der Waals surface area contributed by atoms with Crippen LogP contribution in [0.25, 0.3) is 10.2 Å². The van der Waals surface area contributed by atoms with Crippen molar-refractivity contribution < 1.29 is 4.79 Å². The van der Waals surface area contributed by atoms with Crippen molar-refractivity contribution in [1.82, 2.24) is 9.88 Å². The van der Waals surface area contributed by atoms with Gasteiger partial charge in [0.15, 0.2) is 0 Å². The van der Waals surface area contributed by atoms with Gasteiger partial charge in [-0.3, -0.25) is 4.79 Å². The molecule has 1 aliphatic heterocycles. The number of allylic oxidation sites excluding steroid dienone is 2. The molecule has 1 saturated heterocycles. The van der Waals surface area contributed by atoms with Crippen molar-refractivity contribution in [1.29, 1.82) is 0 Å². The summed E-state index contributed by atoms with van der Waals surface area (Å²) in [6, 6.07) is 8.38. The second kappa shape index (κ2) is 5.69. The summed E-state index contributed by atoms with van der Waals surface area (Å²) in [7, 11) is 0. The summed E-state index contributed by atoms with van der Waals surface area (Å²) in [5.41, 5.74) is 1.12. The predicted molar refractivity (Wildman–Crippen MR) is 97.0 cm³/mol. The third kappa shape index (κ3) is 2.39. The number of aromatic nitrogens is 1. The highest BCUT2D eigenvalue weighted by atomic mass is 32.1. The van der Waals surface area contributed by atoms with Gasteiger partial charge in [-0.25, -0.2) is 4.98 Å². The maximum atomic E-state index is 12.9. The first-order chi connectivity index (χ1) is 11.8. The number of carbonyl (C=O) groups is 1. The van der Waals surface area contributed by atoms with Gasteiger partial charge >= 0.3 is 0 Å². The molecule has 2 aliphatic carbocycles. The molecule has 124 valence electrons. The van der Waals surface area contributed by atoms with Gasteiger partial charge in [0.2, 0.25) is 5.91 Å². The van der Waals surface area contributed by atoms with Gasteiger partial charge < -0.3 is 4.90 Å². The molecule has 24 heavy (non-hydrogen) atoms. The molecule has 1 aromatic heterocycles. The molecule has 3 nitrogen and oxygen atoms in total. The topological polar surface area (TPSA) is 33.2 Å². The molecule has 0 radical (unpaired) electrons. The Morgan fingerprint density at radius 2 is 1.96 bits per heavy atom. The lowest BCUT2D eigenvalue weighted by Crippen LogP contribution is -2.42. The third-order valence-electron chi connectivity index (χ3n) is 6.06. The van der Waals surface area contributed by atoms with Crippen LogP contribution in [0.15, 0.2) is 36.4 Å². The maximum absolute atomic E-state index is 12.9. The van der Waals surface area contributed by atoms with E-state index in [1.807, 2.05) is 11.3 Å². The molecule has 2 aromatic rings. The van der Waals surface area contributed by atoms with Crippen molar-refractivity contribution in [2.24, 2.45) is 17.8 Å². The van der Waals surface area contributed by atoms with E-state index in [2.05, 4.69) is 41.3 Å². The quantitative estimate of drug-likeness (QED) is 0.768. The zero-order valence-electron chi connectivity index (χ0n) is 13.7. The molecule has 3 atom stereocenters. The minimum absolute atomic E-state index is 0.263. The predicted octanol–water partition coefficient (Wildman–Crippen LogP) is 4.21. The number of likely N-dealkylation sites (tertiary alicyclic amines) is 1. The fraction of sp³-hybridized carbons (Fsp3) is 0.500. The van der Waals surface area contributed by atoms with Gasteiger partial charge in [-0.15, -0.1) is 11.3 Å². The summed E-state index contributed by atoms with van der Waals surface area (Å²) in [4.78, 5) is 19.8. The van der Waals surface area contributed by atoms with E-state index in [9.17, 15) is 4.79 Å². The molecule has 0 unspecified atom stereocenters. The van der Waals surface area contributed by atoms with Crippen molar-refractivity contribution in [3.63, 3.8) is 0 Å². The van der Waals surface area contributed by atoms with Crippen LogP contribution < -0.4 is 0 Å². The fourth-order valence-corrected chi connectivity index (χ4v) is 5.85. The highest BCUT2D eigenvalue weighted by molar-refractivity contribution is 7.18. The van der Waals surface area contributed by atoms with Gasteiger partial charge in [0.1, 0.15) is 0 Å². The Labute approximate surface area is 146 Å². The zero-order valence-corrected chi connectivity index (χ0v) is 14.5. The number of hydrogen-bond donors (Lipinski definition) is 0. The average molecular weight is 338 g/mol. The number of hydrogen-bond acceptors (Lipinski definition) is 3. The van der Waals surface area contributed by atoms with Gasteiger partial charge in [-0.1, -0.05) is 24.3 Å². The summed E-state index contributed by atoms with van der Waals surface area (Å²) in [6.45, 7) is 1.80. The van der Waals surface area contributed by atoms with Crippen LogP contribution in [0.4, 0.5) is 0 Å². The second-order valence-corrected chi connectivity index (χ2v) is 8.57. The molecule has 0 N–H and O–H groups in total. The molecule has 1 aromatic carbocycles. The molecule has 1 amide bonds. The van der Waals surface area contributed by atoms with E-state index in [0.29, 0.717) is 23.7 Å². The number of benzene rings is 1. The normalized spacial score (nSPS) is 29.7. The minimum Gasteiger partial charge on any atom is -0.342 e. The van der Waals surface area contributed by atoms with Gasteiger partial charge in [-0.2, -0.15) is 0 Å². The van der Waals surface area contributed by atoms with E-state index in [-0.39, 0.29) is 5.92 Å². The van der Waals surface area contributed by atoms with Crippen LogP contribution in [-0.4, -0.2) is 28.9 Å². The molecular weight excluding hydrogens is 316 g/mol.